The highest BCUT2D eigenvalue weighted by molar-refractivity contribution is 5.91. The van der Waals surface area contributed by atoms with Gasteiger partial charge in [-0.05, 0) is 43.5 Å². The standard InChI is InChI=1S/C19H24N4O2/c20-17(25)16-13-21-18-19(6-9-22(10-7-19)11-12-24)15-4-2-1-3-14(15)5-8-23(16)18/h1-4,13,24H,5-12H2,(H2,20,25). The van der Waals surface area contributed by atoms with E-state index in [1.165, 1.54) is 11.1 Å². The van der Waals surface area contributed by atoms with Gasteiger partial charge in [-0.1, -0.05) is 24.3 Å². The summed E-state index contributed by atoms with van der Waals surface area (Å²) in [4.78, 5) is 18.8. The summed E-state index contributed by atoms with van der Waals surface area (Å²) in [7, 11) is 0. The summed E-state index contributed by atoms with van der Waals surface area (Å²) < 4.78 is 2.03. The van der Waals surface area contributed by atoms with Gasteiger partial charge < -0.3 is 20.3 Å². The van der Waals surface area contributed by atoms with Crippen LogP contribution >= 0.6 is 0 Å². The normalized spacial score (nSPS) is 19.2. The molecule has 132 valence electrons. The summed E-state index contributed by atoms with van der Waals surface area (Å²) >= 11 is 0. The van der Waals surface area contributed by atoms with Crippen LogP contribution in [0.4, 0.5) is 0 Å². The Hall–Kier alpha value is -2.18. The number of carbonyl (C=O) groups is 1. The van der Waals surface area contributed by atoms with E-state index in [0.717, 1.165) is 44.7 Å². The maximum absolute atomic E-state index is 11.9. The van der Waals surface area contributed by atoms with Crippen LogP contribution in [0.2, 0.25) is 0 Å². The molecule has 0 saturated carbocycles. The molecule has 2 aromatic rings. The van der Waals surface area contributed by atoms with Crippen molar-refractivity contribution in [2.75, 3.05) is 26.2 Å². The molecule has 6 nitrogen and oxygen atoms in total. The van der Waals surface area contributed by atoms with Gasteiger partial charge in [0.25, 0.3) is 5.91 Å². The maximum atomic E-state index is 11.9. The molecule has 1 saturated heterocycles. The van der Waals surface area contributed by atoms with E-state index in [4.69, 9.17) is 5.73 Å². The van der Waals surface area contributed by atoms with Gasteiger partial charge in [0, 0.05) is 13.1 Å². The largest absolute Gasteiger partial charge is 0.395 e. The second-order valence-electron chi connectivity index (χ2n) is 7.04. The van der Waals surface area contributed by atoms with Crippen LogP contribution in [0.25, 0.3) is 0 Å². The molecule has 0 bridgehead atoms. The summed E-state index contributed by atoms with van der Waals surface area (Å²) in [5.74, 6) is 0.549. The number of hydrogen-bond donors (Lipinski definition) is 2. The number of carbonyl (C=O) groups excluding carboxylic acids is 1. The number of aliphatic hydroxyl groups is 1. The first-order valence-corrected chi connectivity index (χ1v) is 8.93. The first-order chi connectivity index (χ1) is 12.2. The van der Waals surface area contributed by atoms with Gasteiger partial charge in [0.2, 0.25) is 0 Å². The molecule has 1 aromatic heterocycles. The van der Waals surface area contributed by atoms with Gasteiger partial charge in [-0.25, -0.2) is 4.98 Å². The summed E-state index contributed by atoms with van der Waals surface area (Å²) in [6, 6.07) is 8.57. The van der Waals surface area contributed by atoms with Crippen molar-refractivity contribution in [3.8, 4) is 0 Å². The highest BCUT2D eigenvalue weighted by Gasteiger charge is 2.44. The van der Waals surface area contributed by atoms with Crippen LogP contribution in [0.1, 0.15) is 40.3 Å². The van der Waals surface area contributed by atoms with Crippen molar-refractivity contribution in [1.29, 1.82) is 0 Å². The molecule has 25 heavy (non-hydrogen) atoms. The third-order valence-electron chi connectivity index (χ3n) is 5.80. The number of fused-ring (bicyclic) bond motifs is 4. The molecule has 0 aliphatic carbocycles. The van der Waals surface area contributed by atoms with E-state index < -0.39 is 5.91 Å². The molecule has 2 aliphatic rings. The number of amides is 1. The highest BCUT2D eigenvalue weighted by Crippen LogP contribution is 2.44. The van der Waals surface area contributed by atoms with Crippen molar-refractivity contribution < 1.29 is 9.90 Å². The van der Waals surface area contributed by atoms with Crippen LogP contribution in [0.15, 0.2) is 30.5 Å². The lowest BCUT2D eigenvalue weighted by Crippen LogP contribution is -2.45. The molecule has 2 aliphatic heterocycles. The molecule has 4 rings (SSSR count). The highest BCUT2D eigenvalue weighted by atomic mass is 16.3. The topological polar surface area (TPSA) is 84.4 Å². The molecule has 1 spiro atoms. The Balaban J connectivity index is 1.83. The molecule has 0 atom stereocenters. The van der Waals surface area contributed by atoms with Gasteiger partial charge in [-0.2, -0.15) is 0 Å². The molecular weight excluding hydrogens is 316 g/mol. The van der Waals surface area contributed by atoms with Crippen LogP contribution in [0.5, 0.6) is 0 Å². The minimum atomic E-state index is -0.419. The fourth-order valence-corrected chi connectivity index (χ4v) is 4.53. The number of aryl methyl sites for hydroxylation is 1. The zero-order valence-electron chi connectivity index (χ0n) is 14.3. The smallest absolute Gasteiger partial charge is 0.266 e. The summed E-state index contributed by atoms with van der Waals surface area (Å²) in [5.41, 5.74) is 8.56. The van der Waals surface area contributed by atoms with E-state index in [1.807, 2.05) is 4.57 Å². The van der Waals surface area contributed by atoms with Crippen molar-refractivity contribution in [2.45, 2.75) is 31.2 Å². The minimum absolute atomic E-state index is 0.185. The Morgan fingerprint density at radius 2 is 2.00 bits per heavy atom. The molecule has 1 amide bonds. The Kier molecular flexibility index (Phi) is 4.09. The van der Waals surface area contributed by atoms with Crippen molar-refractivity contribution in [1.82, 2.24) is 14.5 Å². The number of β-amino-alcohol motifs (C(OH)–C–C–N with tert-alkyl or cyclic N) is 1. The van der Waals surface area contributed by atoms with E-state index in [-0.39, 0.29) is 12.0 Å². The summed E-state index contributed by atoms with van der Waals surface area (Å²) in [6.07, 6.45) is 4.37. The third-order valence-corrected chi connectivity index (χ3v) is 5.80. The Labute approximate surface area is 147 Å². The van der Waals surface area contributed by atoms with E-state index in [9.17, 15) is 9.90 Å². The fraction of sp³-hybridized carbons (Fsp3) is 0.474. The quantitative estimate of drug-likeness (QED) is 0.870. The lowest BCUT2D eigenvalue weighted by atomic mass is 9.70. The van der Waals surface area contributed by atoms with Gasteiger partial charge in [-0.15, -0.1) is 0 Å². The van der Waals surface area contributed by atoms with E-state index in [2.05, 4.69) is 34.1 Å². The number of rotatable bonds is 3. The molecular formula is C19H24N4O2. The van der Waals surface area contributed by atoms with Crippen molar-refractivity contribution in [3.05, 3.63) is 53.1 Å². The van der Waals surface area contributed by atoms with Crippen LogP contribution in [0.3, 0.4) is 0 Å². The number of imidazole rings is 1. The van der Waals surface area contributed by atoms with Crippen LogP contribution in [-0.2, 0) is 18.4 Å². The number of nitrogens with zero attached hydrogens (tertiary/aromatic N) is 3. The van der Waals surface area contributed by atoms with Crippen molar-refractivity contribution >= 4 is 5.91 Å². The average Bonchev–Trinajstić information content (AvgIpc) is 3.01. The van der Waals surface area contributed by atoms with Crippen LogP contribution in [0, 0.1) is 0 Å². The van der Waals surface area contributed by atoms with Gasteiger partial charge in [0.15, 0.2) is 0 Å². The number of likely N-dealkylation sites (tertiary alicyclic amines) is 1. The van der Waals surface area contributed by atoms with Crippen molar-refractivity contribution in [2.24, 2.45) is 5.73 Å². The number of nitrogens with two attached hydrogens (primary N) is 1. The summed E-state index contributed by atoms with van der Waals surface area (Å²) in [5, 5.41) is 9.24. The average molecular weight is 340 g/mol. The number of aromatic nitrogens is 2. The first kappa shape index (κ1) is 16.3. The molecule has 0 unspecified atom stereocenters. The van der Waals surface area contributed by atoms with E-state index >= 15 is 0 Å². The van der Waals surface area contributed by atoms with Gasteiger partial charge in [0.05, 0.1) is 18.2 Å². The number of benzene rings is 1. The second kappa shape index (κ2) is 6.28. The van der Waals surface area contributed by atoms with Crippen LogP contribution in [-0.4, -0.2) is 51.7 Å². The van der Waals surface area contributed by atoms with Crippen molar-refractivity contribution in [3.63, 3.8) is 0 Å². The van der Waals surface area contributed by atoms with Gasteiger partial charge in [-0.3, -0.25) is 4.79 Å². The maximum Gasteiger partial charge on any atom is 0.266 e. The van der Waals surface area contributed by atoms with Crippen LogP contribution < -0.4 is 5.73 Å². The molecule has 1 aromatic carbocycles. The molecule has 6 heteroatoms. The molecule has 0 radical (unpaired) electrons. The number of hydrogen-bond acceptors (Lipinski definition) is 4. The summed E-state index contributed by atoms with van der Waals surface area (Å²) in [6.45, 7) is 3.44. The zero-order valence-corrected chi connectivity index (χ0v) is 14.3. The Bertz CT molecular complexity index is 790. The fourth-order valence-electron chi connectivity index (χ4n) is 4.53. The lowest BCUT2D eigenvalue weighted by Gasteiger charge is -2.41. The number of piperidine rings is 1. The van der Waals surface area contributed by atoms with Gasteiger partial charge in [0.1, 0.15) is 11.5 Å². The predicted molar refractivity (Wildman–Crippen MR) is 94.4 cm³/mol. The first-order valence-electron chi connectivity index (χ1n) is 8.93. The van der Waals surface area contributed by atoms with E-state index in [1.54, 1.807) is 6.20 Å². The second-order valence-corrected chi connectivity index (χ2v) is 7.04. The van der Waals surface area contributed by atoms with Gasteiger partial charge >= 0.3 is 0 Å². The minimum Gasteiger partial charge on any atom is -0.395 e. The number of aliphatic hydroxyl groups excluding tert-OH is 1. The SMILES string of the molecule is NC(=O)c1cnc2n1CCc1ccccc1C21CCN(CCO)CC1. The monoisotopic (exact) mass is 340 g/mol. The molecule has 3 heterocycles. The van der Waals surface area contributed by atoms with E-state index in [0.29, 0.717) is 12.2 Å². The third kappa shape index (κ3) is 2.56. The zero-order chi connectivity index (χ0) is 17.4. The Morgan fingerprint density at radius 3 is 2.72 bits per heavy atom. The predicted octanol–water partition coefficient (Wildman–Crippen LogP) is 0.912. The molecule has 3 N–H and O–H groups in total. The lowest BCUT2D eigenvalue weighted by molar-refractivity contribution is 0.0990. The molecule has 1 fully saturated rings. The Morgan fingerprint density at radius 1 is 1.24 bits per heavy atom. The number of primary amides is 1.